The molecule has 0 spiro atoms. The molecule has 1 N–H and O–H groups in total. The fourth-order valence-electron chi connectivity index (χ4n) is 2.69. The number of amides is 1. The molecule has 1 amide bonds. The van der Waals surface area contributed by atoms with Crippen molar-refractivity contribution in [2.75, 3.05) is 5.32 Å². The molecule has 2 aromatic rings. The minimum absolute atomic E-state index is 0.212. The third kappa shape index (κ3) is 3.66. The average molecular weight is 372 g/mol. The Morgan fingerprint density at radius 1 is 1.00 bits per heavy atom. The van der Waals surface area contributed by atoms with Gasteiger partial charge in [0.1, 0.15) is 0 Å². The molecule has 0 saturated carbocycles. The summed E-state index contributed by atoms with van der Waals surface area (Å²) >= 11 is 6.18. The zero-order valence-electron chi connectivity index (χ0n) is 15.7. The fourth-order valence-corrected chi connectivity index (χ4v) is 2.97. The van der Waals surface area contributed by atoms with Crippen LogP contribution in [-0.4, -0.2) is 24.2 Å². The highest BCUT2D eigenvalue weighted by atomic mass is 35.5. The zero-order valence-corrected chi connectivity index (χ0v) is 16.5. The highest BCUT2D eigenvalue weighted by Gasteiger charge is 2.51. The minimum atomic E-state index is -0.441. The van der Waals surface area contributed by atoms with Crippen LogP contribution in [0.15, 0.2) is 42.5 Å². The lowest BCUT2D eigenvalue weighted by atomic mass is 9.79. The molecule has 0 unspecified atom stereocenters. The van der Waals surface area contributed by atoms with Gasteiger partial charge >= 0.3 is 7.12 Å². The van der Waals surface area contributed by atoms with Crippen molar-refractivity contribution in [3.8, 4) is 0 Å². The van der Waals surface area contributed by atoms with Crippen molar-refractivity contribution in [1.82, 2.24) is 0 Å². The van der Waals surface area contributed by atoms with Crippen molar-refractivity contribution in [2.24, 2.45) is 0 Å². The van der Waals surface area contributed by atoms with Gasteiger partial charge in [0.05, 0.1) is 21.9 Å². The maximum Gasteiger partial charge on any atom is 0.494 e. The van der Waals surface area contributed by atoms with Gasteiger partial charge in [-0.05, 0) is 69.9 Å². The average Bonchev–Trinajstić information content (AvgIpc) is 2.78. The number of carbonyl (C=O) groups excluding carboxylic acids is 1. The first-order chi connectivity index (χ1) is 12.1. The molecule has 1 saturated heterocycles. The summed E-state index contributed by atoms with van der Waals surface area (Å²) in [5.41, 5.74) is 2.28. The van der Waals surface area contributed by atoms with Crippen molar-refractivity contribution in [1.29, 1.82) is 0 Å². The molecule has 136 valence electrons. The highest BCUT2D eigenvalue weighted by Crippen LogP contribution is 2.36. The molecule has 2 aromatic carbocycles. The van der Waals surface area contributed by atoms with Crippen LogP contribution in [0.25, 0.3) is 0 Å². The van der Waals surface area contributed by atoms with E-state index in [1.807, 2.05) is 58.9 Å². The minimum Gasteiger partial charge on any atom is -0.399 e. The molecule has 0 radical (unpaired) electrons. The van der Waals surface area contributed by atoms with Crippen molar-refractivity contribution in [3.05, 3.63) is 58.6 Å². The van der Waals surface area contributed by atoms with Gasteiger partial charge in [0, 0.05) is 5.56 Å². The third-order valence-corrected chi connectivity index (χ3v) is 5.38. The summed E-state index contributed by atoms with van der Waals surface area (Å²) in [6.45, 7) is 10.0. The second-order valence-corrected chi connectivity index (χ2v) is 8.05. The van der Waals surface area contributed by atoms with E-state index >= 15 is 0 Å². The lowest BCUT2D eigenvalue weighted by Gasteiger charge is -2.32. The Labute approximate surface area is 160 Å². The smallest absolute Gasteiger partial charge is 0.399 e. The molecule has 4 nitrogen and oxygen atoms in total. The Balaban J connectivity index is 1.73. The van der Waals surface area contributed by atoms with Gasteiger partial charge in [-0.25, -0.2) is 0 Å². The molecule has 1 aliphatic heterocycles. The van der Waals surface area contributed by atoms with Crippen LogP contribution in [0.5, 0.6) is 0 Å². The Hall–Kier alpha value is -1.82. The van der Waals surface area contributed by atoms with Crippen LogP contribution >= 0.6 is 11.6 Å². The third-order valence-electron chi connectivity index (χ3n) is 5.07. The number of aryl methyl sites for hydroxylation is 1. The van der Waals surface area contributed by atoms with Gasteiger partial charge in [-0.2, -0.15) is 0 Å². The van der Waals surface area contributed by atoms with E-state index < -0.39 is 18.3 Å². The van der Waals surface area contributed by atoms with E-state index in [1.54, 1.807) is 18.2 Å². The van der Waals surface area contributed by atoms with Crippen LogP contribution in [0.4, 0.5) is 5.69 Å². The van der Waals surface area contributed by atoms with Crippen LogP contribution in [0, 0.1) is 6.92 Å². The van der Waals surface area contributed by atoms with Gasteiger partial charge in [0.2, 0.25) is 0 Å². The molecule has 6 heteroatoms. The molecule has 1 heterocycles. The van der Waals surface area contributed by atoms with Crippen molar-refractivity contribution in [2.45, 2.75) is 45.8 Å². The van der Waals surface area contributed by atoms with Crippen LogP contribution < -0.4 is 10.8 Å². The van der Waals surface area contributed by atoms with Crippen LogP contribution in [0.2, 0.25) is 5.02 Å². The van der Waals surface area contributed by atoms with Gasteiger partial charge in [-0.15, -0.1) is 0 Å². The number of benzene rings is 2. The molecule has 0 aliphatic carbocycles. The Bertz CT molecular complexity index is 817. The monoisotopic (exact) mass is 371 g/mol. The molecular weight excluding hydrogens is 348 g/mol. The van der Waals surface area contributed by atoms with Gasteiger partial charge in [0.15, 0.2) is 0 Å². The first-order valence-corrected chi connectivity index (χ1v) is 9.00. The van der Waals surface area contributed by atoms with E-state index in [9.17, 15) is 4.79 Å². The number of halogens is 1. The quantitative estimate of drug-likeness (QED) is 0.823. The summed E-state index contributed by atoms with van der Waals surface area (Å²) in [6, 6.07) is 12.8. The van der Waals surface area contributed by atoms with E-state index in [1.165, 1.54) is 0 Å². The van der Waals surface area contributed by atoms with E-state index in [2.05, 4.69) is 5.32 Å². The second kappa shape index (κ2) is 6.73. The van der Waals surface area contributed by atoms with Gasteiger partial charge in [-0.1, -0.05) is 29.8 Å². The van der Waals surface area contributed by atoms with Gasteiger partial charge in [-0.3, -0.25) is 4.79 Å². The maximum absolute atomic E-state index is 12.5. The molecule has 26 heavy (non-hydrogen) atoms. The Morgan fingerprint density at radius 3 is 2.12 bits per heavy atom. The molecule has 0 bridgehead atoms. The van der Waals surface area contributed by atoms with E-state index in [-0.39, 0.29) is 5.91 Å². The van der Waals surface area contributed by atoms with Gasteiger partial charge in [0.25, 0.3) is 5.91 Å². The van der Waals surface area contributed by atoms with Crippen LogP contribution in [0.3, 0.4) is 0 Å². The SMILES string of the molecule is Cc1ccc(NC(=O)c2ccc(B3OC(C)(C)C(C)(C)O3)cc2)c(Cl)c1. The van der Waals surface area contributed by atoms with Crippen LogP contribution in [0.1, 0.15) is 43.6 Å². The molecule has 1 aliphatic rings. The largest absolute Gasteiger partial charge is 0.494 e. The number of anilines is 1. The Morgan fingerprint density at radius 2 is 1.58 bits per heavy atom. The number of nitrogens with one attached hydrogen (secondary N) is 1. The number of hydrogen-bond donors (Lipinski definition) is 1. The molecule has 1 fully saturated rings. The molecule has 3 rings (SSSR count). The van der Waals surface area contributed by atoms with E-state index in [4.69, 9.17) is 20.9 Å². The predicted molar refractivity (Wildman–Crippen MR) is 106 cm³/mol. The summed E-state index contributed by atoms with van der Waals surface area (Å²) in [5.74, 6) is -0.212. The summed E-state index contributed by atoms with van der Waals surface area (Å²) in [7, 11) is -0.441. The highest BCUT2D eigenvalue weighted by molar-refractivity contribution is 6.62. The summed E-state index contributed by atoms with van der Waals surface area (Å²) in [4.78, 5) is 12.5. The zero-order chi connectivity index (χ0) is 19.1. The predicted octanol–water partition coefficient (Wildman–Crippen LogP) is 4.20. The standard InChI is InChI=1S/C20H23BClNO3/c1-13-6-11-17(16(22)12-13)23-18(24)14-7-9-15(10-8-14)21-25-19(2,3)20(4,5)26-21/h6-12H,1-5H3,(H,23,24). The normalized spacial score (nSPS) is 18.0. The van der Waals surface area contributed by atoms with E-state index in [0.29, 0.717) is 16.3 Å². The second-order valence-electron chi connectivity index (χ2n) is 7.65. The Kier molecular flexibility index (Phi) is 4.91. The van der Waals surface area contributed by atoms with Gasteiger partial charge < -0.3 is 14.6 Å². The summed E-state index contributed by atoms with van der Waals surface area (Å²) in [5, 5.41) is 3.36. The van der Waals surface area contributed by atoms with Crippen molar-refractivity contribution < 1.29 is 14.1 Å². The maximum atomic E-state index is 12.5. The lowest BCUT2D eigenvalue weighted by molar-refractivity contribution is 0.00578. The number of rotatable bonds is 3. The molecule has 0 aromatic heterocycles. The number of hydrogen-bond acceptors (Lipinski definition) is 3. The topological polar surface area (TPSA) is 47.6 Å². The first-order valence-electron chi connectivity index (χ1n) is 8.62. The van der Waals surface area contributed by atoms with Crippen molar-refractivity contribution >= 4 is 35.8 Å². The molecular formula is C20H23BClNO3. The lowest BCUT2D eigenvalue weighted by Crippen LogP contribution is -2.41. The fraction of sp³-hybridized carbons (Fsp3) is 0.350. The van der Waals surface area contributed by atoms with Crippen LogP contribution in [-0.2, 0) is 9.31 Å². The summed E-state index contributed by atoms with van der Waals surface area (Å²) in [6.07, 6.45) is 0. The first kappa shape index (κ1) is 19.0. The summed E-state index contributed by atoms with van der Waals surface area (Å²) < 4.78 is 12.1. The molecule has 0 atom stereocenters. The van der Waals surface area contributed by atoms with E-state index in [0.717, 1.165) is 11.0 Å². The number of carbonyl (C=O) groups is 1. The van der Waals surface area contributed by atoms with Crippen molar-refractivity contribution in [3.63, 3.8) is 0 Å².